The van der Waals surface area contributed by atoms with Crippen LogP contribution in [0, 0.1) is 11.8 Å². The van der Waals surface area contributed by atoms with Crippen molar-refractivity contribution in [3.05, 3.63) is 6.33 Å². The predicted molar refractivity (Wildman–Crippen MR) is 89.9 cm³/mol. The molecule has 2 aromatic heterocycles. The van der Waals surface area contributed by atoms with E-state index in [2.05, 4.69) is 25.6 Å². The molecular formula is C15H20N6O4. The van der Waals surface area contributed by atoms with Crippen LogP contribution in [0.4, 0.5) is 11.8 Å². The molecule has 2 amide bonds. The fourth-order valence-corrected chi connectivity index (χ4v) is 1.86. The molecule has 10 heteroatoms. The van der Waals surface area contributed by atoms with Crippen LogP contribution in [-0.2, 0) is 20.9 Å². The number of carbonyl (C=O) groups is 3. The maximum atomic E-state index is 12.0. The lowest BCUT2D eigenvalue weighted by atomic mass is 10.2. The van der Waals surface area contributed by atoms with Crippen molar-refractivity contribution < 1.29 is 19.5 Å². The van der Waals surface area contributed by atoms with Crippen molar-refractivity contribution in [3.8, 4) is 0 Å². The maximum Gasteiger partial charge on any atom is 0.323 e. The van der Waals surface area contributed by atoms with Crippen LogP contribution in [0.25, 0.3) is 11.2 Å². The molecule has 10 nitrogen and oxygen atoms in total. The van der Waals surface area contributed by atoms with Gasteiger partial charge in [0.05, 0.1) is 6.33 Å². The summed E-state index contributed by atoms with van der Waals surface area (Å²) in [5, 5.41) is 14.2. The van der Waals surface area contributed by atoms with Gasteiger partial charge in [0.1, 0.15) is 6.54 Å². The Hall–Kier alpha value is -3.04. The summed E-state index contributed by atoms with van der Waals surface area (Å²) in [6, 6.07) is 0. The van der Waals surface area contributed by atoms with Crippen molar-refractivity contribution in [1.29, 1.82) is 0 Å². The lowest BCUT2D eigenvalue weighted by molar-refractivity contribution is -0.137. The number of amides is 2. The molecule has 0 aliphatic heterocycles. The van der Waals surface area contributed by atoms with Crippen LogP contribution >= 0.6 is 0 Å². The molecule has 3 N–H and O–H groups in total. The smallest absolute Gasteiger partial charge is 0.323 e. The summed E-state index contributed by atoms with van der Waals surface area (Å²) in [6.45, 7) is 6.51. The molecule has 0 aliphatic carbocycles. The summed E-state index contributed by atoms with van der Waals surface area (Å²) in [6.07, 6.45) is 1.30. The Bertz CT molecular complexity index is 827. The molecular weight excluding hydrogens is 328 g/mol. The second kappa shape index (κ2) is 7.24. The largest absolute Gasteiger partial charge is 0.480 e. The molecule has 0 saturated carbocycles. The lowest BCUT2D eigenvalue weighted by Gasteiger charge is -2.11. The zero-order valence-electron chi connectivity index (χ0n) is 14.4. The number of aromatic nitrogens is 4. The van der Waals surface area contributed by atoms with E-state index in [4.69, 9.17) is 5.11 Å². The number of nitrogens with zero attached hydrogens (tertiary/aromatic N) is 4. The molecule has 0 radical (unpaired) electrons. The summed E-state index contributed by atoms with van der Waals surface area (Å²) in [4.78, 5) is 47.3. The topological polar surface area (TPSA) is 139 Å². The Labute approximate surface area is 143 Å². The zero-order valence-corrected chi connectivity index (χ0v) is 14.4. The number of carboxylic acids is 1. The number of carboxylic acid groups (broad SMARTS) is 1. The van der Waals surface area contributed by atoms with Gasteiger partial charge in [-0.15, -0.1) is 0 Å². The van der Waals surface area contributed by atoms with Crippen molar-refractivity contribution in [3.63, 3.8) is 0 Å². The maximum absolute atomic E-state index is 12.0. The van der Waals surface area contributed by atoms with Crippen LogP contribution in [0.2, 0.25) is 0 Å². The monoisotopic (exact) mass is 348 g/mol. The first-order chi connectivity index (χ1) is 11.7. The minimum atomic E-state index is -1.07. The molecule has 0 unspecified atom stereocenters. The van der Waals surface area contributed by atoms with E-state index in [1.165, 1.54) is 10.9 Å². The van der Waals surface area contributed by atoms with Crippen LogP contribution in [0.15, 0.2) is 6.33 Å². The van der Waals surface area contributed by atoms with E-state index >= 15 is 0 Å². The number of hydrogen-bond acceptors (Lipinski definition) is 6. The van der Waals surface area contributed by atoms with Crippen LogP contribution in [-0.4, -0.2) is 42.4 Å². The Balaban J connectivity index is 2.52. The van der Waals surface area contributed by atoms with Crippen molar-refractivity contribution in [1.82, 2.24) is 19.5 Å². The highest BCUT2D eigenvalue weighted by atomic mass is 16.4. The lowest BCUT2D eigenvalue weighted by Crippen LogP contribution is -2.22. The van der Waals surface area contributed by atoms with Gasteiger partial charge in [0.25, 0.3) is 0 Å². The fourth-order valence-electron chi connectivity index (χ4n) is 1.86. The fraction of sp³-hybridized carbons (Fsp3) is 0.467. The summed E-state index contributed by atoms with van der Waals surface area (Å²) in [7, 11) is 0. The Morgan fingerprint density at radius 2 is 1.68 bits per heavy atom. The Morgan fingerprint density at radius 1 is 1.08 bits per heavy atom. The molecule has 0 aromatic carbocycles. The number of anilines is 2. The summed E-state index contributed by atoms with van der Waals surface area (Å²) >= 11 is 0. The third-order valence-electron chi connectivity index (χ3n) is 3.29. The molecule has 0 spiro atoms. The standard InChI is InChI=1S/C15H20N6O4/c1-7(2)13(24)17-11-10-12(21(6-16-10)5-9(22)23)19-15(18-11)20-14(25)8(3)4/h6-8H,5H2,1-4H3,(H,22,23)(H2,17,18,19,20,24,25). The molecule has 0 aliphatic rings. The third kappa shape index (κ3) is 4.28. The van der Waals surface area contributed by atoms with Gasteiger partial charge in [-0.2, -0.15) is 9.97 Å². The van der Waals surface area contributed by atoms with Gasteiger partial charge in [-0.3, -0.25) is 19.7 Å². The quantitative estimate of drug-likeness (QED) is 0.710. The van der Waals surface area contributed by atoms with Crippen LogP contribution in [0.1, 0.15) is 27.7 Å². The van der Waals surface area contributed by atoms with E-state index in [1.54, 1.807) is 27.7 Å². The number of fused-ring (bicyclic) bond motifs is 1. The second-order valence-electron chi connectivity index (χ2n) is 6.12. The molecule has 0 fully saturated rings. The molecule has 134 valence electrons. The van der Waals surface area contributed by atoms with Crippen LogP contribution < -0.4 is 10.6 Å². The predicted octanol–water partition coefficient (Wildman–Crippen LogP) is 1.10. The molecule has 25 heavy (non-hydrogen) atoms. The molecule has 2 aromatic rings. The first-order valence-electron chi connectivity index (χ1n) is 7.75. The van der Waals surface area contributed by atoms with Gasteiger partial charge in [0.15, 0.2) is 17.0 Å². The van der Waals surface area contributed by atoms with Crippen LogP contribution in [0.3, 0.4) is 0 Å². The van der Waals surface area contributed by atoms with Crippen molar-refractivity contribution >= 4 is 40.7 Å². The van der Waals surface area contributed by atoms with Crippen LogP contribution in [0.5, 0.6) is 0 Å². The van der Waals surface area contributed by atoms with E-state index in [9.17, 15) is 14.4 Å². The summed E-state index contributed by atoms with van der Waals surface area (Å²) in [5.74, 6) is -2.15. The zero-order chi connectivity index (χ0) is 18.7. The SMILES string of the molecule is CC(C)C(=O)Nc1nc(NC(=O)C(C)C)c2ncn(CC(=O)O)c2n1. The van der Waals surface area contributed by atoms with Gasteiger partial charge in [-0.05, 0) is 0 Å². The molecule has 2 rings (SSSR count). The first kappa shape index (κ1) is 18.3. The number of aliphatic carboxylic acids is 1. The number of hydrogen-bond donors (Lipinski definition) is 3. The number of imidazole rings is 1. The Morgan fingerprint density at radius 3 is 2.24 bits per heavy atom. The minimum absolute atomic E-state index is 0.0302. The second-order valence-corrected chi connectivity index (χ2v) is 6.12. The van der Waals surface area contributed by atoms with E-state index in [0.717, 1.165) is 0 Å². The molecule has 0 bridgehead atoms. The molecule has 0 atom stereocenters. The average molecular weight is 348 g/mol. The normalized spacial score (nSPS) is 11.1. The summed E-state index contributed by atoms with van der Waals surface area (Å²) < 4.78 is 1.30. The van der Waals surface area contributed by atoms with E-state index in [-0.39, 0.29) is 53.1 Å². The van der Waals surface area contributed by atoms with E-state index in [0.29, 0.717) is 0 Å². The molecule has 2 heterocycles. The van der Waals surface area contributed by atoms with E-state index < -0.39 is 5.97 Å². The van der Waals surface area contributed by atoms with E-state index in [1.807, 2.05) is 0 Å². The number of rotatable bonds is 6. The average Bonchev–Trinajstić information content (AvgIpc) is 2.89. The van der Waals surface area contributed by atoms with Gasteiger partial charge in [-0.25, -0.2) is 4.98 Å². The van der Waals surface area contributed by atoms with Crippen molar-refractivity contribution in [2.75, 3.05) is 10.6 Å². The highest BCUT2D eigenvalue weighted by Gasteiger charge is 2.19. The van der Waals surface area contributed by atoms with Gasteiger partial charge >= 0.3 is 5.97 Å². The van der Waals surface area contributed by atoms with Gasteiger partial charge in [0.2, 0.25) is 17.8 Å². The molecule has 0 saturated heterocycles. The van der Waals surface area contributed by atoms with Crippen molar-refractivity contribution in [2.45, 2.75) is 34.2 Å². The first-order valence-corrected chi connectivity index (χ1v) is 7.75. The van der Waals surface area contributed by atoms with Gasteiger partial charge < -0.3 is 15.0 Å². The number of carbonyl (C=O) groups excluding carboxylic acids is 2. The third-order valence-corrected chi connectivity index (χ3v) is 3.29. The highest BCUT2D eigenvalue weighted by Crippen LogP contribution is 2.21. The Kier molecular flexibility index (Phi) is 5.30. The van der Waals surface area contributed by atoms with Gasteiger partial charge in [0, 0.05) is 11.8 Å². The van der Waals surface area contributed by atoms with Crippen molar-refractivity contribution in [2.24, 2.45) is 11.8 Å². The summed E-state index contributed by atoms with van der Waals surface area (Å²) in [5.41, 5.74) is 0.452. The van der Waals surface area contributed by atoms with Gasteiger partial charge in [-0.1, -0.05) is 27.7 Å². The minimum Gasteiger partial charge on any atom is -0.480 e. The highest BCUT2D eigenvalue weighted by molar-refractivity contribution is 5.99. The number of nitrogens with one attached hydrogen (secondary N) is 2.